The van der Waals surface area contributed by atoms with Gasteiger partial charge in [0.15, 0.2) is 0 Å². The number of hydrogen-bond acceptors (Lipinski definition) is 3. The van der Waals surface area contributed by atoms with E-state index in [1.165, 1.54) is 0 Å². The van der Waals surface area contributed by atoms with Crippen molar-refractivity contribution < 1.29 is 14.6 Å². The Kier molecular flexibility index (Phi) is 7.99. The van der Waals surface area contributed by atoms with Crippen LogP contribution >= 0.6 is 0 Å². The van der Waals surface area contributed by atoms with Crippen LogP contribution in [0.3, 0.4) is 0 Å². The summed E-state index contributed by atoms with van der Waals surface area (Å²) in [5, 5.41) is 8.95. The summed E-state index contributed by atoms with van der Waals surface area (Å²) in [6, 6.07) is 0.159. The van der Waals surface area contributed by atoms with Gasteiger partial charge in [0.05, 0.1) is 13.2 Å². The monoisotopic (exact) mass is 231 g/mol. The van der Waals surface area contributed by atoms with E-state index in [9.17, 15) is 4.79 Å². The average molecular weight is 231 g/mol. The van der Waals surface area contributed by atoms with Crippen molar-refractivity contribution in [1.29, 1.82) is 0 Å². The van der Waals surface area contributed by atoms with Crippen molar-refractivity contribution >= 4 is 6.09 Å². The quantitative estimate of drug-likeness (QED) is 0.731. The predicted molar refractivity (Wildman–Crippen MR) is 64.3 cm³/mol. The third-order valence-electron chi connectivity index (χ3n) is 2.50. The van der Waals surface area contributed by atoms with Crippen LogP contribution in [0.25, 0.3) is 0 Å². The topological polar surface area (TPSA) is 49.8 Å². The SMILES string of the molecule is CCC(CC)N(CCO)C(=O)OCC(C)C. The molecule has 0 fully saturated rings. The second kappa shape index (κ2) is 8.39. The number of amides is 1. The van der Waals surface area contributed by atoms with Crippen molar-refractivity contribution in [2.24, 2.45) is 5.92 Å². The zero-order valence-corrected chi connectivity index (χ0v) is 10.9. The van der Waals surface area contributed by atoms with Crippen molar-refractivity contribution in [3.63, 3.8) is 0 Å². The molecule has 0 atom stereocenters. The Balaban J connectivity index is 4.32. The highest BCUT2D eigenvalue weighted by atomic mass is 16.6. The largest absolute Gasteiger partial charge is 0.449 e. The van der Waals surface area contributed by atoms with E-state index in [1.807, 2.05) is 27.7 Å². The molecule has 4 heteroatoms. The van der Waals surface area contributed by atoms with E-state index >= 15 is 0 Å². The Morgan fingerprint density at radius 3 is 2.25 bits per heavy atom. The molecule has 0 saturated carbocycles. The molecule has 0 heterocycles. The zero-order chi connectivity index (χ0) is 12.6. The third kappa shape index (κ3) is 5.35. The lowest BCUT2D eigenvalue weighted by molar-refractivity contribution is 0.0670. The standard InChI is InChI=1S/C12H25NO3/c1-5-11(6-2)13(7-8-14)12(15)16-9-10(3)4/h10-11,14H,5-9H2,1-4H3. The maximum atomic E-state index is 11.8. The van der Waals surface area contributed by atoms with Crippen molar-refractivity contribution in [1.82, 2.24) is 4.90 Å². The first-order valence-electron chi connectivity index (χ1n) is 6.10. The van der Waals surface area contributed by atoms with Crippen LogP contribution in [0.4, 0.5) is 4.79 Å². The summed E-state index contributed by atoms with van der Waals surface area (Å²) in [5.41, 5.74) is 0. The van der Waals surface area contributed by atoms with Gasteiger partial charge in [-0.25, -0.2) is 4.79 Å². The van der Waals surface area contributed by atoms with Gasteiger partial charge in [-0.15, -0.1) is 0 Å². The fourth-order valence-corrected chi connectivity index (χ4v) is 1.58. The summed E-state index contributed by atoms with van der Waals surface area (Å²) in [5.74, 6) is 0.335. The minimum Gasteiger partial charge on any atom is -0.449 e. The van der Waals surface area contributed by atoms with E-state index in [2.05, 4.69) is 0 Å². The normalized spacial score (nSPS) is 10.9. The van der Waals surface area contributed by atoms with Crippen molar-refractivity contribution in [3.8, 4) is 0 Å². The number of aliphatic hydroxyl groups is 1. The van der Waals surface area contributed by atoms with Gasteiger partial charge in [-0.05, 0) is 18.8 Å². The Bertz CT molecular complexity index is 191. The van der Waals surface area contributed by atoms with E-state index in [4.69, 9.17) is 9.84 Å². The number of ether oxygens (including phenoxy) is 1. The lowest BCUT2D eigenvalue weighted by Crippen LogP contribution is -2.42. The Morgan fingerprint density at radius 2 is 1.88 bits per heavy atom. The second-order valence-corrected chi connectivity index (χ2v) is 4.36. The highest BCUT2D eigenvalue weighted by Gasteiger charge is 2.21. The molecule has 0 radical (unpaired) electrons. The molecule has 0 aliphatic heterocycles. The first-order chi connectivity index (χ1) is 7.56. The molecule has 0 aromatic carbocycles. The van der Waals surface area contributed by atoms with E-state index in [0.29, 0.717) is 19.1 Å². The minimum absolute atomic E-state index is 0.0206. The molecule has 16 heavy (non-hydrogen) atoms. The number of aliphatic hydroxyl groups excluding tert-OH is 1. The number of nitrogens with zero attached hydrogens (tertiary/aromatic N) is 1. The molecule has 1 N–H and O–H groups in total. The van der Waals surface area contributed by atoms with Gasteiger partial charge in [0.25, 0.3) is 0 Å². The fraction of sp³-hybridized carbons (Fsp3) is 0.917. The van der Waals surface area contributed by atoms with Crippen molar-refractivity contribution in [2.45, 2.75) is 46.6 Å². The van der Waals surface area contributed by atoms with Gasteiger partial charge in [0.1, 0.15) is 0 Å². The Labute approximate surface area is 98.6 Å². The summed E-state index contributed by atoms with van der Waals surface area (Å²) in [7, 11) is 0. The van der Waals surface area contributed by atoms with Crippen LogP contribution in [0.1, 0.15) is 40.5 Å². The molecule has 0 saturated heterocycles. The van der Waals surface area contributed by atoms with Crippen LogP contribution in [0, 0.1) is 5.92 Å². The van der Waals surface area contributed by atoms with Crippen LogP contribution in [0.15, 0.2) is 0 Å². The molecule has 0 aliphatic rings. The zero-order valence-electron chi connectivity index (χ0n) is 10.9. The smallest absolute Gasteiger partial charge is 0.410 e. The van der Waals surface area contributed by atoms with Crippen molar-refractivity contribution in [3.05, 3.63) is 0 Å². The molecule has 96 valence electrons. The first-order valence-corrected chi connectivity index (χ1v) is 6.10. The molecular weight excluding hydrogens is 206 g/mol. The van der Waals surface area contributed by atoms with Crippen LogP contribution in [-0.4, -0.2) is 41.9 Å². The molecule has 0 aliphatic carbocycles. The van der Waals surface area contributed by atoms with Gasteiger partial charge in [0.2, 0.25) is 0 Å². The predicted octanol–water partition coefficient (Wildman–Crippen LogP) is 2.26. The van der Waals surface area contributed by atoms with E-state index in [-0.39, 0.29) is 18.7 Å². The maximum Gasteiger partial charge on any atom is 0.410 e. The number of carbonyl (C=O) groups excluding carboxylic acids is 1. The number of rotatable bonds is 7. The van der Waals surface area contributed by atoms with Gasteiger partial charge < -0.3 is 14.7 Å². The van der Waals surface area contributed by atoms with E-state index < -0.39 is 0 Å². The molecule has 0 spiro atoms. The lowest BCUT2D eigenvalue weighted by Gasteiger charge is -2.29. The van der Waals surface area contributed by atoms with Gasteiger partial charge in [-0.2, -0.15) is 0 Å². The summed E-state index contributed by atoms with van der Waals surface area (Å²) in [4.78, 5) is 13.4. The summed E-state index contributed by atoms with van der Waals surface area (Å²) in [6.07, 6.45) is 1.46. The molecule has 0 aromatic rings. The molecule has 1 amide bonds. The Morgan fingerprint density at radius 1 is 1.31 bits per heavy atom. The van der Waals surface area contributed by atoms with Gasteiger partial charge in [0, 0.05) is 12.6 Å². The maximum absolute atomic E-state index is 11.8. The van der Waals surface area contributed by atoms with Gasteiger partial charge in [-0.1, -0.05) is 27.7 Å². The second-order valence-electron chi connectivity index (χ2n) is 4.36. The summed E-state index contributed by atoms with van der Waals surface area (Å²) in [6.45, 7) is 8.83. The molecule has 0 unspecified atom stereocenters. The number of carbonyl (C=O) groups is 1. The molecule has 0 bridgehead atoms. The van der Waals surface area contributed by atoms with Crippen molar-refractivity contribution in [2.75, 3.05) is 19.8 Å². The molecular formula is C12H25NO3. The molecule has 4 nitrogen and oxygen atoms in total. The minimum atomic E-state index is -0.309. The van der Waals surface area contributed by atoms with Crippen LogP contribution in [0.5, 0.6) is 0 Å². The highest BCUT2D eigenvalue weighted by Crippen LogP contribution is 2.10. The number of hydrogen-bond donors (Lipinski definition) is 1. The van der Waals surface area contributed by atoms with Crippen LogP contribution in [-0.2, 0) is 4.74 Å². The van der Waals surface area contributed by atoms with E-state index in [0.717, 1.165) is 12.8 Å². The Hall–Kier alpha value is -0.770. The van der Waals surface area contributed by atoms with Gasteiger partial charge in [-0.3, -0.25) is 0 Å². The molecule has 0 rings (SSSR count). The average Bonchev–Trinajstić information content (AvgIpc) is 2.26. The van der Waals surface area contributed by atoms with E-state index in [1.54, 1.807) is 4.90 Å². The van der Waals surface area contributed by atoms with Crippen LogP contribution in [0.2, 0.25) is 0 Å². The van der Waals surface area contributed by atoms with Gasteiger partial charge >= 0.3 is 6.09 Å². The lowest BCUT2D eigenvalue weighted by atomic mass is 10.1. The highest BCUT2D eigenvalue weighted by molar-refractivity contribution is 5.68. The molecule has 0 aromatic heterocycles. The summed E-state index contributed by atoms with van der Waals surface area (Å²) < 4.78 is 5.18. The fourth-order valence-electron chi connectivity index (χ4n) is 1.58. The first kappa shape index (κ1) is 15.2. The third-order valence-corrected chi connectivity index (χ3v) is 2.50. The summed E-state index contributed by atoms with van der Waals surface area (Å²) >= 11 is 0. The van der Waals surface area contributed by atoms with Crippen LogP contribution < -0.4 is 0 Å².